The zero-order valence-corrected chi connectivity index (χ0v) is 10.8. The van der Waals surface area contributed by atoms with Crippen molar-refractivity contribution in [3.63, 3.8) is 0 Å². The van der Waals surface area contributed by atoms with Crippen LogP contribution in [0, 0.1) is 0 Å². The molecule has 1 aromatic rings. The molecule has 0 saturated carbocycles. The van der Waals surface area contributed by atoms with Gasteiger partial charge in [-0.3, -0.25) is 0 Å². The van der Waals surface area contributed by atoms with Gasteiger partial charge in [0.25, 0.3) is 0 Å². The number of benzene rings is 1. The molecule has 0 aliphatic carbocycles. The van der Waals surface area contributed by atoms with Gasteiger partial charge in [-0.15, -0.1) is 0 Å². The molecule has 0 aromatic heterocycles. The summed E-state index contributed by atoms with van der Waals surface area (Å²) >= 11 is 9.60. The quantitative estimate of drug-likeness (QED) is 0.894. The van der Waals surface area contributed by atoms with Gasteiger partial charge in [0.05, 0.1) is 0 Å². The molecule has 1 nitrogen and oxygen atoms in total. The molecule has 0 saturated heterocycles. The second-order valence-electron chi connectivity index (χ2n) is 4.05. The molecule has 78 valence electrons. The SMILES string of the molecule is CC(C)(CCN)c1cc(Br)ccc1Cl. The summed E-state index contributed by atoms with van der Waals surface area (Å²) in [6.45, 7) is 5.00. The monoisotopic (exact) mass is 275 g/mol. The average Bonchev–Trinajstić information content (AvgIpc) is 2.09. The van der Waals surface area contributed by atoms with Gasteiger partial charge in [-0.2, -0.15) is 0 Å². The summed E-state index contributed by atoms with van der Waals surface area (Å²) in [6, 6.07) is 5.93. The Hall–Kier alpha value is -0.0500. The summed E-state index contributed by atoms with van der Waals surface area (Å²) in [4.78, 5) is 0. The maximum Gasteiger partial charge on any atom is 0.0444 e. The lowest BCUT2D eigenvalue weighted by Crippen LogP contribution is -2.22. The highest BCUT2D eigenvalue weighted by Gasteiger charge is 2.22. The largest absolute Gasteiger partial charge is 0.330 e. The molecule has 0 atom stereocenters. The average molecular weight is 277 g/mol. The third-order valence-electron chi connectivity index (χ3n) is 2.43. The maximum atomic E-state index is 6.15. The number of halogens is 2. The number of hydrogen-bond donors (Lipinski definition) is 1. The maximum absolute atomic E-state index is 6.15. The van der Waals surface area contributed by atoms with Crippen LogP contribution in [0.15, 0.2) is 22.7 Å². The first-order chi connectivity index (χ1) is 6.47. The Morgan fingerprint density at radius 3 is 2.64 bits per heavy atom. The third-order valence-corrected chi connectivity index (χ3v) is 3.25. The molecule has 0 heterocycles. The molecule has 0 bridgehead atoms. The number of hydrogen-bond acceptors (Lipinski definition) is 1. The first-order valence-electron chi connectivity index (χ1n) is 4.63. The van der Waals surface area contributed by atoms with Gasteiger partial charge in [-0.25, -0.2) is 0 Å². The van der Waals surface area contributed by atoms with Gasteiger partial charge >= 0.3 is 0 Å². The van der Waals surface area contributed by atoms with Crippen LogP contribution in [0.1, 0.15) is 25.8 Å². The fourth-order valence-corrected chi connectivity index (χ4v) is 2.25. The topological polar surface area (TPSA) is 26.0 Å². The van der Waals surface area contributed by atoms with E-state index in [1.165, 1.54) is 0 Å². The molecular weight excluding hydrogens is 261 g/mol. The van der Waals surface area contributed by atoms with E-state index in [9.17, 15) is 0 Å². The first kappa shape index (κ1) is 12.0. The molecule has 1 rings (SSSR count). The minimum Gasteiger partial charge on any atom is -0.330 e. The summed E-state index contributed by atoms with van der Waals surface area (Å²) in [5, 5.41) is 0.812. The minimum atomic E-state index is 0.0373. The van der Waals surface area contributed by atoms with E-state index < -0.39 is 0 Å². The van der Waals surface area contributed by atoms with Crippen LogP contribution in [-0.4, -0.2) is 6.54 Å². The summed E-state index contributed by atoms with van der Waals surface area (Å²) in [5.41, 5.74) is 6.77. The van der Waals surface area contributed by atoms with E-state index in [0.29, 0.717) is 6.54 Å². The van der Waals surface area contributed by atoms with Crippen molar-refractivity contribution in [2.45, 2.75) is 25.7 Å². The van der Waals surface area contributed by atoms with Crippen LogP contribution in [0.3, 0.4) is 0 Å². The molecule has 1 aromatic carbocycles. The summed E-state index contributed by atoms with van der Waals surface area (Å²) in [5.74, 6) is 0. The molecule has 0 aliphatic rings. The van der Waals surface area contributed by atoms with Crippen molar-refractivity contribution in [2.24, 2.45) is 5.73 Å². The van der Waals surface area contributed by atoms with E-state index >= 15 is 0 Å². The van der Waals surface area contributed by atoms with Crippen LogP contribution in [0.2, 0.25) is 5.02 Å². The van der Waals surface area contributed by atoms with Crippen LogP contribution in [0.4, 0.5) is 0 Å². The minimum absolute atomic E-state index is 0.0373. The lowest BCUT2D eigenvalue weighted by atomic mass is 9.81. The molecule has 0 amide bonds. The van der Waals surface area contributed by atoms with Gasteiger partial charge in [0.2, 0.25) is 0 Å². The summed E-state index contributed by atoms with van der Waals surface area (Å²) in [7, 11) is 0. The molecule has 0 unspecified atom stereocenters. The van der Waals surface area contributed by atoms with E-state index in [1.54, 1.807) is 0 Å². The van der Waals surface area contributed by atoms with Crippen molar-refractivity contribution in [1.29, 1.82) is 0 Å². The van der Waals surface area contributed by atoms with Crippen LogP contribution in [0.5, 0.6) is 0 Å². The Morgan fingerprint density at radius 2 is 2.07 bits per heavy atom. The van der Waals surface area contributed by atoms with E-state index in [2.05, 4.69) is 35.8 Å². The van der Waals surface area contributed by atoms with Crippen molar-refractivity contribution in [1.82, 2.24) is 0 Å². The Kier molecular flexibility index (Phi) is 3.99. The first-order valence-corrected chi connectivity index (χ1v) is 5.80. The van der Waals surface area contributed by atoms with Crippen molar-refractivity contribution in [3.8, 4) is 0 Å². The molecule has 0 fully saturated rings. The Balaban J connectivity index is 3.10. The zero-order chi connectivity index (χ0) is 10.8. The molecule has 14 heavy (non-hydrogen) atoms. The fourth-order valence-electron chi connectivity index (χ4n) is 1.51. The standard InChI is InChI=1S/C11H15BrClN/c1-11(2,5-6-14)9-7-8(12)3-4-10(9)13/h3-4,7H,5-6,14H2,1-2H3. The molecule has 3 heteroatoms. The second kappa shape index (κ2) is 4.65. The van der Waals surface area contributed by atoms with Crippen LogP contribution in [-0.2, 0) is 5.41 Å². The fraction of sp³-hybridized carbons (Fsp3) is 0.455. The van der Waals surface area contributed by atoms with Crippen molar-refractivity contribution in [2.75, 3.05) is 6.54 Å². The van der Waals surface area contributed by atoms with E-state index in [0.717, 1.165) is 21.5 Å². The summed E-state index contributed by atoms with van der Waals surface area (Å²) < 4.78 is 1.06. The molecule has 0 spiro atoms. The highest BCUT2D eigenvalue weighted by atomic mass is 79.9. The Morgan fingerprint density at radius 1 is 1.43 bits per heavy atom. The predicted molar refractivity (Wildman–Crippen MR) is 65.8 cm³/mol. The van der Waals surface area contributed by atoms with Gasteiger partial charge in [-0.1, -0.05) is 41.4 Å². The molecule has 2 N–H and O–H groups in total. The molecular formula is C11H15BrClN. The van der Waals surface area contributed by atoms with Crippen molar-refractivity contribution >= 4 is 27.5 Å². The van der Waals surface area contributed by atoms with Gasteiger partial charge in [0.1, 0.15) is 0 Å². The second-order valence-corrected chi connectivity index (χ2v) is 5.37. The third kappa shape index (κ3) is 2.72. The van der Waals surface area contributed by atoms with E-state index in [4.69, 9.17) is 17.3 Å². The smallest absolute Gasteiger partial charge is 0.0444 e. The Bertz CT molecular complexity index is 323. The van der Waals surface area contributed by atoms with Crippen molar-refractivity contribution in [3.05, 3.63) is 33.3 Å². The van der Waals surface area contributed by atoms with Crippen LogP contribution >= 0.6 is 27.5 Å². The molecule has 0 aliphatic heterocycles. The van der Waals surface area contributed by atoms with Crippen molar-refractivity contribution < 1.29 is 0 Å². The highest BCUT2D eigenvalue weighted by Crippen LogP contribution is 2.34. The lowest BCUT2D eigenvalue weighted by molar-refractivity contribution is 0.487. The van der Waals surface area contributed by atoms with E-state index in [1.807, 2.05) is 12.1 Å². The number of rotatable bonds is 3. The Labute approximate surface area is 98.8 Å². The highest BCUT2D eigenvalue weighted by molar-refractivity contribution is 9.10. The number of nitrogens with two attached hydrogens (primary N) is 1. The van der Waals surface area contributed by atoms with Gasteiger partial charge in [0, 0.05) is 9.50 Å². The molecule has 0 radical (unpaired) electrons. The van der Waals surface area contributed by atoms with E-state index in [-0.39, 0.29) is 5.41 Å². The van der Waals surface area contributed by atoms with Gasteiger partial charge in [0.15, 0.2) is 0 Å². The van der Waals surface area contributed by atoms with Crippen LogP contribution in [0.25, 0.3) is 0 Å². The van der Waals surface area contributed by atoms with Gasteiger partial charge in [-0.05, 0) is 42.1 Å². The van der Waals surface area contributed by atoms with Crippen LogP contribution < -0.4 is 5.73 Å². The zero-order valence-electron chi connectivity index (χ0n) is 8.48. The summed E-state index contributed by atoms with van der Waals surface area (Å²) in [6.07, 6.45) is 0.934. The lowest BCUT2D eigenvalue weighted by Gasteiger charge is -2.25. The normalized spacial score (nSPS) is 11.8. The van der Waals surface area contributed by atoms with Gasteiger partial charge < -0.3 is 5.73 Å². The predicted octanol–water partition coefficient (Wildman–Crippen LogP) is 3.73.